The number of aromatic nitrogens is 4. The van der Waals surface area contributed by atoms with E-state index in [1.54, 1.807) is 0 Å². The molecule has 0 saturated carbocycles. The van der Waals surface area contributed by atoms with E-state index in [0.717, 1.165) is 49.5 Å². The molecule has 0 N–H and O–H groups in total. The van der Waals surface area contributed by atoms with Gasteiger partial charge < -0.3 is 4.57 Å². The summed E-state index contributed by atoms with van der Waals surface area (Å²) >= 11 is 0. The van der Waals surface area contributed by atoms with Gasteiger partial charge in [-0.15, -0.1) is 0 Å². The van der Waals surface area contributed by atoms with E-state index in [0.29, 0.717) is 5.95 Å². The predicted molar refractivity (Wildman–Crippen MR) is 242 cm³/mol. The fourth-order valence-electron chi connectivity index (χ4n) is 9.02. The molecule has 4 nitrogen and oxygen atoms in total. The Morgan fingerprint density at radius 2 is 0.793 bits per heavy atom. The maximum atomic E-state index is 5.33. The van der Waals surface area contributed by atoms with Gasteiger partial charge in [0.15, 0.2) is 0 Å². The number of hydrogen-bond acceptors (Lipinski definition) is 2. The van der Waals surface area contributed by atoms with Crippen LogP contribution in [-0.2, 0) is 0 Å². The standard InChI is InChI=1S/C54H34N4/c1-3-14-35(15-4-1)38-26-30-51-45(32-38)46-34-40(28-31-52(46)58(51)54-55-47-23-11-9-22-43(47)53(56-54)37-17-5-2-6-18-37)39-27-29-50-44(33-39)42-21-10-12-24-49(42)57(50)48-25-13-19-36-16-7-8-20-41(36)48/h1-34H. The average Bonchev–Trinajstić information content (AvgIpc) is 3.80. The van der Waals surface area contributed by atoms with Gasteiger partial charge in [-0.2, -0.15) is 0 Å². The molecule has 0 saturated heterocycles. The minimum absolute atomic E-state index is 0.653. The first-order valence-corrected chi connectivity index (χ1v) is 19.7. The minimum atomic E-state index is 0.653. The zero-order valence-electron chi connectivity index (χ0n) is 31.4. The second-order valence-corrected chi connectivity index (χ2v) is 15.0. The van der Waals surface area contributed by atoms with E-state index in [9.17, 15) is 0 Å². The molecule has 0 fully saturated rings. The summed E-state index contributed by atoms with van der Waals surface area (Å²) < 4.78 is 4.66. The van der Waals surface area contributed by atoms with Gasteiger partial charge in [-0.1, -0.05) is 152 Å². The molecule has 4 heteroatoms. The number of para-hydroxylation sites is 2. The summed E-state index contributed by atoms with van der Waals surface area (Å²) in [6, 6.07) is 73.9. The highest BCUT2D eigenvalue weighted by atomic mass is 15.2. The summed E-state index contributed by atoms with van der Waals surface area (Å²) in [5, 5.41) is 8.28. The van der Waals surface area contributed by atoms with Gasteiger partial charge >= 0.3 is 0 Å². The first-order chi connectivity index (χ1) is 28.8. The van der Waals surface area contributed by atoms with E-state index in [4.69, 9.17) is 9.97 Å². The van der Waals surface area contributed by atoms with Gasteiger partial charge in [-0.3, -0.25) is 4.57 Å². The fraction of sp³-hybridized carbons (Fsp3) is 0. The third-order valence-electron chi connectivity index (χ3n) is 11.7. The third-order valence-corrected chi connectivity index (χ3v) is 11.7. The van der Waals surface area contributed by atoms with Crippen LogP contribution < -0.4 is 0 Å². The highest BCUT2D eigenvalue weighted by molar-refractivity contribution is 6.14. The summed E-state index contributed by atoms with van der Waals surface area (Å²) in [6.45, 7) is 0. The van der Waals surface area contributed by atoms with Crippen LogP contribution in [-0.4, -0.2) is 19.1 Å². The molecule has 0 bridgehead atoms. The second-order valence-electron chi connectivity index (χ2n) is 15.0. The molecule has 0 spiro atoms. The molecule has 9 aromatic carbocycles. The maximum Gasteiger partial charge on any atom is 0.235 e. The number of nitrogens with zero attached hydrogens (tertiary/aromatic N) is 4. The average molecular weight is 739 g/mol. The van der Waals surface area contributed by atoms with Crippen molar-refractivity contribution in [3.05, 3.63) is 206 Å². The largest absolute Gasteiger partial charge is 0.309 e. The molecular formula is C54H34N4. The Kier molecular flexibility index (Phi) is 7.20. The predicted octanol–water partition coefficient (Wildman–Crippen LogP) is 14.0. The molecule has 12 rings (SSSR count). The molecule has 3 aromatic heterocycles. The van der Waals surface area contributed by atoms with Crippen LogP contribution in [0.5, 0.6) is 0 Å². The van der Waals surface area contributed by atoms with E-state index < -0.39 is 0 Å². The minimum Gasteiger partial charge on any atom is -0.309 e. The lowest BCUT2D eigenvalue weighted by Crippen LogP contribution is -2.03. The molecule has 0 unspecified atom stereocenters. The molecule has 0 radical (unpaired) electrons. The van der Waals surface area contributed by atoms with Gasteiger partial charge in [0, 0.05) is 37.9 Å². The van der Waals surface area contributed by atoms with Gasteiger partial charge in [0.2, 0.25) is 5.95 Å². The zero-order chi connectivity index (χ0) is 38.2. The van der Waals surface area contributed by atoms with Gasteiger partial charge in [0.1, 0.15) is 0 Å². The highest BCUT2D eigenvalue weighted by Crippen LogP contribution is 2.40. The summed E-state index contributed by atoms with van der Waals surface area (Å²) in [7, 11) is 0. The van der Waals surface area contributed by atoms with Crippen molar-refractivity contribution in [1.29, 1.82) is 0 Å². The number of fused-ring (bicyclic) bond motifs is 8. The van der Waals surface area contributed by atoms with E-state index in [1.807, 2.05) is 6.07 Å². The molecule has 0 aliphatic rings. The van der Waals surface area contributed by atoms with Gasteiger partial charge in [0.05, 0.1) is 39.0 Å². The number of rotatable bonds is 5. The fourth-order valence-corrected chi connectivity index (χ4v) is 9.02. The number of hydrogen-bond donors (Lipinski definition) is 0. The highest BCUT2D eigenvalue weighted by Gasteiger charge is 2.20. The van der Waals surface area contributed by atoms with Crippen molar-refractivity contribution in [3.63, 3.8) is 0 Å². The normalized spacial score (nSPS) is 11.8. The lowest BCUT2D eigenvalue weighted by Gasteiger charge is -2.12. The lowest BCUT2D eigenvalue weighted by atomic mass is 9.99. The molecule has 0 aliphatic carbocycles. The molecule has 0 atom stereocenters. The van der Waals surface area contributed by atoms with Crippen molar-refractivity contribution in [2.24, 2.45) is 0 Å². The summed E-state index contributed by atoms with van der Waals surface area (Å²) in [5.41, 5.74) is 13.3. The topological polar surface area (TPSA) is 35.6 Å². The third kappa shape index (κ3) is 5.02. The summed E-state index contributed by atoms with van der Waals surface area (Å²) in [6.07, 6.45) is 0. The van der Waals surface area contributed by atoms with Crippen LogP contribution in [0.1, 0.15) is 0 Å². The van der Waals surface area contributed by atoms with E-state index >= 15 is 0 Å². The molecule has 0 amide bonds. The van der Waals surface area contributed by atoms with Crippen LogP contribution in [0.15, 0.2) is 206 Å². The Bertz CT molecular complexity index is 3560. The SMILES string of the molecule is c1ccc(-c2ccc3c(c2)c2cc(-c4ccc5c(c4)c4ccccc4n5-c4cccc5ccccc45)ccc2n3-c2nc(-c3ccccc3)c3ccccc3n2)cc1. The molecule has 12 aromatic rings. The molecule has 270 valence electrons. The molecule has 0 aliphatic heterocycles. The quantitative estimate of drug-likeness (QED) is 0.176. The Balaban J connectivity index is 1.09. The molecule has 3 heterocycles. The van der Waals surface area contributed by atoms with Crippen molar-refractivity contribution in [3.8, 4) is 45.1 Å². The monoisotopic (exact) mass is 738 g/mol. The Morgan fingerprint density at radius 3 is 1.50 bits per heavy atom. The second kappa shape index (κ2) is 12.9. The van der Waals surface area contributed by atoms with Crippen molar-refractivity contribution in [2.75, 3.05) is 0 Å². The smallest absolute Gasteiger partial charge is 0.235 e. The van der Waals surface area contributed by atoms with Crippen LogP contribution >= 0.6 is 0 Å². The first-order valence-electron chi connectivity index (χ1n) is 19.7. The van der Waals surface area contributed by atoms with Crippen molar-refractivity contribution in [1.82, 2.24) is 19.1 Å². The van der Waals surface area contributed by atoms with E-state index in [2.05, 4.69) is 209 Å². The lowest BCUT2D eigenvalue weighted by molar-refractivity contribution is 1.01. The van der Waals surface area contributed by atoms with Gasteiger partial charge in [-0.25, -0.2) is 9.97 Å². The van der Waals surface area contributed by atoms with Crippen molar-refractivity contribution >= 4 is 65.3 Å². The Labute approximate surface area is 334 Å². The van der Waals surface area contributed by atoms with Crippen LogP contribution in [0.3, 0.4) is 0 Å². The Morgan fingerprint density at radius 1 is 0.293 bits per heavy atom. The van der Waals surface area contributed by atoms with E-state index in [1.165, 1.54) is 55.0 Å². The molecule has 58 heavy (non-hydrogen) atoms. The maximum absolute atomic E-state index is 5.33. The van der Waals surface area contributed by atoms with E-state index in [-0.39, 0.29) is 0 Å². The van der Waals surface area contributed by atoms with Crippen molar-refractivity contribution < 1.29 is 0 Å². The van der Waals surface area contributed by atoms with Crippen molar-refractivity contribution in [2.45, 2.75) is 0 Å². The zero-order valence-corrected chi connectivity index (χ0v) is 31.4. The summed E-state index contributed by atoms with van der Waals surface area (Å²) in [5.74, 6) is 0.653. The van der Waals surface area contributed by atoms with Crippen LogP contribution in [0.2, 0.25) is 0 Å². The Hall–Kier alpha value is -7.82. The summed E-state index contributed by atoms with van der Waals surface area (Å²) in [4.78, 5) is 10.6. The van der Waals surface area contributed by atoms with Gasteiger partial charge in [0.25, 0.3) is 0 Å². The first kappa shape index (κ1) is 32.4. The number of benzene rings is 9. The van der Waals surface area contributed by atoms with Crippen LogP contribution in [0.25, 0.3) is 110 Å². The molecular weight excluding hydrogens is 705 g/mol. The van der Waals surface area contributed by atoms with Crippen LogP contribution in [0.4, 0.5) is 0 Å². The van der Waals surface area contributed by atoms with Gasteiger partial charge in [-0.05, 0) is 82.2 Å². The van der Waals surface area contributed by atoms with Crippen LogP contribution in [0, 0.1) is 0 Å².